The largest absolute Gasteiger partial charge is 0.465 e. The fraction of sp³-hybridized carbons (Fsp3) is 0.600. The first-order valence-electron chi connectivity index (χ1n) is 7.16. The van der Waals surface area contributed by atoms with Crippen molar-refractivity contribution in [3.05, 3.63) is 17.8 Å². The van der Waals surface area contributed by atoms with Crippen LogP contribution in [-0.4, -0.2) is 31.2 Å². The number of methoxy groups -OCH3 is 1. The summed E-state index contributed by atoms with van der Waals surface area (Å²) in [6, 6.07) is 1.59. The molecule has 5 nitrogen and oxygen atoms in total. The number of ether oxygens (including phenoxy) is 1. The second-order valence-corrected chi connectivity index (χ2v) is 4.81. The normalized spacial score (nSPS) is 10.7. The average molecular weight is 279 g/mol. The molecule has 0 saturated carbocycles. The Bertz CT molecular complexity index is 445. The number of hydrogen-bond donors (Lipinski definition) is 1. The van der Waals surface area contributed by atoms with E-state index < -0.39 is 5.97 Å². The van der Waals surface area contributed by atoms with Crippen LogP contribution in [0.3, 0.4) is 0 Å². The first kappa shape index (κ1) is 16.3. The van der Waals surface area contributed by atoms with Gasteiger partial charge in [-0.05, 0) is 18.9 Å². The van der Waals surface area contributed by atoms with Crippen molar-refractivity contribution in [2.75, 3.05) is 30.8 Å². The highest BCUT2D eigenvalue weighted by molar-refractivity contribution is 5.97. The third-order valence-electron chi connectivity index (χ3n) is 3.69. The predicted molar refractivity (Wildman–Crippen MR) is 81.9 cm³/mol. The second-order valence-electron chi connectivity index (χ2n) is 4.81. The Morgan fingerprint density at radius 2 is 2.05 bits per heavy atom. The van der Waals surface area contributed by atoms with Crippen molar-refractivity contribution in [3.63, 3.8) is 0 Å². The summed E-state index contributed by atoms with van der Waals surface area (Å²) in [5, 5.41) is 0. The van der Waals surface area contributed by atoms with E-state index in [4.69, 9.17) is 10.5 Å². The van der Waals surface area contributed by atoms with Crippen LogP contribution in [0.5, 0.6) is 0 Å². The van der Waals surface area contributed by atoms with Gasteiger partial charge in [-0.2, -0.15) is 0 Å². The highest BCUT2D eigenvalue weighted by Crippen LogP contribution is 2.26. The molecule has 0 aromatic carbocycles. The number of nitrogen functional groups attached to an aromatic ring is 1. The van der Waals surface area contributed by atoms with Crippen molar-refractivity contribution in [2.45, 2.75) is 33.6 Å². The number of aromatic nitrogens is 1. The second kappa shape index (κ2) is 7.72. The minimum Gasteiger partial charge on any atom is -0.465 e. The molecule has 0 radical (unpaired) electrons. The van der Waals surface area contributed by atoms with Gasteiger partial charge in [0.25, 0.3) is 0 Å². The van der Waals surface area contributed by atoms with Gasteiger partial charge in [-0.15, -0.1) is 0 Å². The Morgan fingerprint density at radius 3 is 2.55 bits per heavy atom. The molecule has 1 rings (SSSR count). The molecular formula is C15H25N3O2. The lowest BCUT2D eigenvalue weighted by Gasteiger charge is -2.27. The zero-order valence-corrected chi connectivity index (χ0v) is 12.8. The molecule has 0 spiro atoms. The van der Waals surface area contributed by atoms with Crippen molar-refractivity contribution in [1.82, 2.24) is 4.98 Å². The van der Waals surface area contributed by atoms with Crippen molar-refractivity contribution >= 4 is 17.5 Å². The van der Waals surface area contributed by atoms with E-state index in [0.717, 1.165) is 25.9 Å². The van der Waals surface area contributed by atoms with Crippen molar-refractivity contribution in [1.29, 1.82) is 0 Å². The standard InChI is InChI=1S/C15H25N3O2/c1-5-11(6-2)10-18(7-3)14-13(16)12(8-9-17-14)15(19)20-4/h8-9,11H,5-7,10,16H2,1-4H3. The summed E-state index contributed by atoms with van der Waals surface area (Å²) in [5.41, 5.74) is 6.86. The first-order chi connectivity index (χ1) is 9.58. The zero-order valence-electron chi connectivity index (χ0n) is 12.8. The van der Waals surface area contributed by atoms with E-state index in [1.807, 2.05) is 0 Å². The minimum absolute atomic E-state index is 0.375. The molecule has 2 N–H and O–H groups in total. The van der Waals surface area contributed by atoms with Crippen molar-refractivity contribution < 1.29 is 9.53 Å². The summed E-state index contributed by atoms with van der Waals surface area (Å²) in [5.74, 6) is 0.838. The van der Waals surface area contributed by atoms with Gasteiger partial charge >= 0.3 is 5.97 Å². The summed E-state index contributed by atoms with van der Waals surface area (Å²) >= 11 is 0. The lowest BCUT2D eigenvalue weighted by molar-refractivity contribution is 0.0602. The van der Waals surface area contributed by atoms with Crippen LogP contribution in [0, 0.1) is 5.92 Å². The lowest BCUT2D eigenvalue weighted by atomic mass is 10.0. The third kappa shape index (κ3) is 3.62. The number of esters is 1. The van der Waals surface area contributed by atoms with Crippen LogP contribution in [-0.2, 0) is 4.74 Å². The summed E-state index contributed by atoms with van der Waals surface area (Å²) in [6.07, 6.45) is 3.83. The maximum absolute atomic E-state index is 11.7. The number of hydrogen-bond acceptors (Lipinski definition) is 5. The molecule has 0 aliphatic carbocycles. The van der Waals surface area contributed by atoms with Crippen LogP contribution in [0.2, 0.25) is 0 Å². The highest BCUT2D eigenvalue weighted by Gasteiger charge is 2.19. The molecule has 1 aromatic heterocycles. The third-order valence-corrected chi connectivity index (χ3v) is 3.69. The summed E-state index contributed by atoms with van der Waals surface area (Å²) in [7, 11) is 1.35. The van der Waals surface area contributed by atoms with Crippen LogP contribution in [0.15, 0.2) is 12.3 Å². The molecule has 0 fully saturated rings. The number of carbonyl (C=O) groups excluding carboxylic acids is 1. The van der Waals surface area contributed by atoms with Crippen LogP contribution in [0.1, 0.15) is 44.0 Å². The van der Waals surface area contributed by atoms with Crippen LogP contribution >= 0.6 is 0 Å². The molecule has 0 aliphatic rings. The van der Waals surface area contributed by atoms with Crippen molar-refractivity contribution in [3.8, 4) is 0 Å². The molecule has 1 aromatic rings. The van der Waals surface area contributed by atoms with E-state index in [1.165, 1.54) is 7.11 Å². The Kier molecular flexibility index (Phi) is 6.28. The molecule has 5 heteroatoms. The summed E-state index contributed by atoms with van der Waals surface area (Å²) in [4.78, 5) is 18.1. The molecule has 0 unspecified atom stereocenters. The molecule has 20 heavy (non-hydrogen) atoms. The molecule has 1 heterocycles. The van der Waals surface area contributed by atoms with E-state index in [1.54, 1.807) is 12.3 Å². The molecular weight excluding hydrogens is 254 g/mol. The van der Waals surface area contributed by atoms with Crippen LogP contribution < -0.4 is 10.6 Å². The fourth-order valence-corrected chi connectivity index (χ4v) is 2.23. The maximum atomic E-state index is 11.7. The summed E-state index contributed by atoms with van der Waals surface area (Å²) < 4.78 is 4.74. The van der Waals surface area contributed by atoms with Gasteiger partial charge in [-0.25, -0.2) is 9.78 Å². The van der Waals surface area contributed by atoms with Gasteiger partial charge in [0, 0.05) is 19.3 Å². The maximum Gasteiger partial charge on any atom is 0.340 e. The van der Waals surface area contributed by atoms with Crippen molar-refractivity contribution in [2.24, 2.45) is 5.92 Å². The van der Waals surface area contributed by atoms with Gasteiger partial charge in [0.05, 0.1) is 18.4 Å². The molecule has 0 atom stereocenters. The Labute approximate surface area is 121 Å². The fourth-order valence-electron chi connectivity index (χ4n) is 2.23. The molecule has 0 aliphatic heterocycles. The minimum atomic E-state index is -0.426. The van der Waals surface area contributed by atoms with E-state index >= 15 is 0 Å². The van der Waals surface area contributed by atoms with Crippen LogP contribution in [0.4, 0.5) is 11.5 Å². The Balaban J connectivity index is 3.06. The predicted octanol–water partition coefficient (Wildman–Crippen LogP) is 2.71. The van der Waals surface area contributed by atoms with Crippen LogP contribution in [0.25, 0.3) is 0 Å². The van der Waals surface area contributed by atoms with Gasteiger partial charge in [-0.3, -0.25) is 0 Å². The number of rotatable bonds is 7. The average Bonchev–Trinajstić information content (AvgIpc) is 2.48. The van der Waals surface area contributed by atoms with Gasteiger partial charge in [0.2, 0.25) is 0 Å². The Morgan fingerprint density at radius 1 is 1.40 bits per heavy atom. The first-order valence-corrected chi connectivity index (χ1v) is 7.16. The number of nitrogens with zero attached hydrogens (tertiary/aromatic N) is 2. The van der Waals surface area contributed by atoms with E-state index in [-0.39, 0.29) is 0 Å². The van der Waals surface area contributed by atoms with Gasteiger partial charge in [0.15, 0.2) is 5.82 Å². The summed E-state index contributed by atoms with van der Waals surface area (Å²) in [6.45, 7) is 8.13. The number of anilines is 2. The molecule has 0 saturated heterocycles. The lowest BCUT2D eigenvalue weighted by Crippen LogP contribution is -2.31. The van der Waals surface area contributed by atoms with E-state index in [9.17, 15) is 4.79 Å². The number of pyridine rings is 1. The topological polar surface area (TPSA) is 68.5 Å². The van der Waals surface area contributed by atoms with Gasteiger partial charge in [0.1, 0.15) is 0 Å². The van der Waals surface area contributed by atoms with Gasteiger partial charge < -0.3 is 15.4 Å². The van der Waals surface area contributed by atoms with E-state index in [2.05, 4.69) is 30.7 Å². The Hall–Kier alpha value is -1.78. The molecule has 0 bridgehead atoms. The molecule has 112 valence electrons. The van der Waals surface area contributed by atoms with E-state index in [0.29, 0.717) is 23.0 Å². The quantitative estimate of drug-likeness (QED) is 0.777. The number of nitrogens with two attached hydrogens (primary N) is 1. The monoisotopic (exact) mass is 279 g/mol. The smallest absolute Gasteiger partial charge is 0.340 e. The SMILES string of the molecule is CCC(CC)CN(CC)c1nccc(C(=O)OC)c1N. The number of carbonyl (C=O) groups is 1. The molecule has 0 amide bonds. The zero-order chi connectivity index (χ0) is 15.1. The van der Waals surface area contributed by atoms with Gasteiger partial charge in [-0.1, -0.05) is 26.7 Å². The highest BCUT2D eigenvalue weighted by atomic mass is 16.5.